The molecular formula is C8H15NO6S. The van der Waals surface area contributed by atoms with E-state index in [1.54, 1.807) is 0 Å². The number of carbonyl (C=O) groups is 2. The SMILES string of the molecule is CC(O)C(NC(=O)CCS(C)(=O)=O)C(=O)O. The Balaban J connectivity index is 4.27. The zero-order chi connectivity index (χ0) is 12.9. The van der Waals surface area contributed by atoms with Gasteiger partial charge in [-0.2, -0.15) is 0 Å². The average Bonchev–Trinajstić information content (AvgIpc) is 2.08. The molecule has 0 aliphatic rings. The average molecular weight is 253 g/mol. The molecule has 3 N–H and O–H groups in total. The minimum Gasteiger partial charge on any atom is -0.480 e. The molecule has 0 saturated carbocycles. The number of amides is 1. The number of carbonyl (C=O) groups excluding carboxylic acids is 1. The lowest BCUT2D eigenvalue weighted by atomic mass is 10.2. The third-order valence-electron chi connectivity index (χ3n) is 1.76. The molecule has 8 heteroatoms. The van der Waals surface area contributed by atoms with Gasteiger partial charge in [-0.25, -0.2) is 13.2 Å². The molecule has 0 bridgehead atoms. The van der Waals surface area contributed by atoms with E-state index in [2.05, 4.69) is 0 Å². The molecule has 0 saturated heterocycles. The molecule has 0 aliphatic heterocycles. The van der Waals surface area contributed by atoms with E-state index in [9.17, 15) is 18.0 Å². The highest BCUT2D eigenvalue weighted by atomic mass is 32.2. The van der Waals surface area contributed by atoms with Crippen molar-refractivity contribution in [3.63, 3.8) is 0 Å². The highest BCUT2D eigenvalue weighted by Gasteiger charge is 2.24. The van der Waals surface area contributed by atoms with Gasteiger partial charge in [0.2, 0.25) is 5.91 Å². The third-order valence-corrected chi connectivity index (χ3v) is 2.71. The molecule has 0 aromatic heterocycles. The molecule has 94 valence electrons. The Bertz CT molecular complexity index is 361. The maximum Gasteiger partial charge on any atom is 0.328 e. The van der Waals surface area contributed by atoms with E-state index in [1.165, 1.54) is 6.92 Å². The summed E-state index contributed by atoms with van der Waals surface area (Å²) in [5, 5.41) is 19.7. The lowest BCUT2D eigenvalue weighted by Crippen LogP contribution is -2.47. The van der Waals surface area contributed by atoms with Crippen LogP contribution >= 0.6 is 0 Å². The molecule has 2 unspecified atom stereocenters. The predicted molar refractivity (Wildman–Crippen MR) is 55.6 cm³/mol. The topological polar surface area (TPSA) is 121 Å². The molecule has 0 heterocycles. The van der Waals surface area contributed by atoms with Crippen LogP contribution in [0.4, 0.5) is 0 Å². The second kappa shape index (κ2) is 5.80. The maximum atomic E-state index is 11.2. The maximum absolute atomic E-state index is 11.2. The van der Waals surface area contributed by atoms with Gasteiger partial charge >= 0.3 is 5.97 Å². The van der Waals surface area contributed by atoms with Gasteiger partial charge in [0.1, 0.15) is 9.84 Å². The largest absolute Gasteiger partial charge is 0.480 e. The summed E-state index contributed by atoms with van der Waals surface area (Å²) in [6.07, 6.45) is -0.599. The Morgan fingerprint density at radius 2 is 1.88 bits per heavy atom. The fourth-order valence-corrected chi connectivity index (χ4v) is 1.47. The molecule has 0 aromatic carbocycles. The van der Waals surface area contributed by atoms with Crippen molar-refractivity contribution in [2.75, 3.05) is 12.0 Å². The van der Waals surface area contributed by atoms with Crippen molar-refractivity contribution in [3.05, 3.63) is 0 Å². The number of nitrogens with one attached hydrogen (secondary N) is 1. The molecule has 2 atom stereocenters. The summed E-state index contributed by atoms with van der Waals surface area (Å²) in [7, 11) is -3.27. The van der Waals surface area contributed by atoms with Crippen LogP contribution < -0.4 is 5.32 Å². The first kappa shape index (κ1) is 14.8. The molecule has 0 aliphatic carbocycles. The van der Waals surface area contributed by atoms with E-state index < -0.39 is 33.9 Å². The first-order valence-electron chi connectivity index (χ1n) is 4.51. The molecule has 0 radical (unpaired) electrons. The van der Waals surface area contributed by atoms with Crippen LogP contribution in [0.5, 0.6) is 0 Å². The Kier molecular flexibility index (Phi) is 5.39. The standard InChI is InChI=1S/C8H15NO6S/c1-5(10)7(8(12)13)9-6(11)3-4-16(2,14)15/h5,7,10H,3-4H2,1-2H3,(H,9,11)(H,12,13). The van der Waals surface area contributed by atoms with Crippen molar-refractivity contribution in [1.29, 1.82) is 0 Å². The molecule has 16 heavy (non-hydrogen) atoms. The van der Waals surface area contributed by atoms with E-state index in [0.717, 1.165) is 6.26 Å². The van der Waals surface area contributed by atoms with Gasteiger partial charge in [-0.1, -0.05) is 0 Å². The van der Waals surface area contributed by atoms with Gasteiger partial charge in [0, 0.05) is 12.7 Å². The Labute approximate surface area is 93.4 Å². The van der Waals surface area contributed by atoms with Crippen molar-refractivity contribution < 1.29 is 28.2 Å². The van der Waals surface area contributed by atoms with Gasteiger partial charge in [0.15, 0.2) is 6.04 Å². The van der Waals surface area contributed by atoms with Crippen LogP contribution in [0.2, 0.25) is 0 Å². The van der Waals surface area contributed by atoms with Crippen LogP contribution in [0.15, 0.2) is 0 Å². The quantitative estimate of drug-likeness (QED) is 0.522. The number of carboxylic acids is 1. The van der Waals surface area contributed by atoms with E-state index in [-0.39, 0.29) is 12.2 Å². The highest BCUT2D eigenvalue weighted by Crippen LogP contribution is 1.95. The summed E-state index contributed by atoms with van der Waals surface area (Å²) >= 11 is 0. The summed E-state index contributed by atoms with van der Waals surface area (Å²) in [4.78, 5) is 21.7. The number of aliphatic carboxylic acids is 1. The van der Waals surface area contributed by atoms with Crippen molar-refractivity contribution in [3.8, 4) is 0 Å². The van der Waals surface area contributed by atoms with Crippen molar-refractivity contribution >= 4 is 21.7 Å². The summed E-state index contributed by atoms with van der Waals surface area (Å²) < 4.78 is 21.5. The van der Waals surface area contributed by atoms with Gasteiger partial charge in [0.05, 0.1) is 11.9 Å². The van der Waals surface area contributed by atoms with Gasteiger partial charge in [0.25, 0.3) is 0 Å². The van der Waals surface area contributed by atoms with Crippen molar-refractivity contribution in [2.24, 2.45) is 0 Å². The monoisotopic (exact) mass is 253 g/mol. The number of sulfone groups is 1. The summed E-state index contributed by atoms with van der Waals surface area (Å²) in [5.41, 5.74) is 0. The third kappa shape index (κ3) is 6.36. The summed E-state index contributed by atoms with van der Waals surface area (Å²) in [6.45, 7) is 1.22. The van der Waals surface area contributed by atoms with Crippen LogP contribution in [0.3, 0.4) is 0 Å². The number of aliphatic hydroxyl groups excluding tert-OH is 1. The number of hydrogen-bond acceptors (Lipinski definition) is 5. The molecule has 0 aromatic rings. The van der Waals surface area contributed by atoms with Gasteiger partial charge < -0.3 is 15.5 Å². The minimum atomic E-state index is -3.27. The normalized spacial score (nSPS) is 15.2. The van der Waals surface area contributed by atoms with Gasteiger partial charge in [-0.05, 0) is 6.92 Å². The highest BCUT2D eigenvalue weighted by molar-refractivity contribution is 7.90. The first-order valence-corrected chi connectivity index (χ1v) is 6.57. The Hall–Kier alpha value is -1.15. The van der Waals surface area contributed by atoms with Crippen molar-refractivity contribution in [2.45, 2.75) is 25.5 Å². The number of rotatable bonds is 6. The lowest BCUT2D eigenvalue weighted by molar-refractivity contribution is -0.144. The first-order chi connectivity index (χ1) is 7.13. The molecule has 0 spiro atoms. The number of carboxylic acid groups (broad SMARTS) is 1. The second-order valence-corrected chi connectivity index (χ2v) is 5.76. The zero-order valence-corrected chi connectivity index (χ0v) is 9.82. The molecule has 1 amide bonds. The molecular weight excluding hydrogens is 238 g/mol. The van der Waals surface area contributed by atoms with Crippen LogP contribution in [0.25, 0.3) is 0 Å². The smallest absolute Gasteiger partial charge is 0.328 e. The minimum absolute atomic E-state index is 0.324. The van der Waals surface area contributed by atoms with E-state index in [0.29, 0.717) is 0 Å². The van der Waals surface area contributed by atoms with E-state index in [1.807, 2.05) is 5.32 Å². The fraction of sp³-hybridized carbons (Fsp3) is 0.750. The Morgan fingerprint density at radius 3 is 2.19 bits per heavy atom. The zero-order valence-electron chi connectivity index (χ0n) is 9.00. The fourth-order valence-electron chi connectivity index (χ4n) is 0.912. The van der Waals surface area contributed by atoms with Gasteiger partial charge in [-0.15, -0.1) is 0 Å². The number of aliphatic hydroxyl groups is 1. The lowest BCUT2D eigenvalue weighted by Gasteiger charge is -2.16. The summed E-state index contributed by atoms with van der Waals surface area (Å²) in [5.74, 6) is -2.45. The number of hydrogen-bond donors (Lipinski definition) is 3. The van der Waals surface area contributed by atoms with Crippen LogP contribution in [-0.2, 0) is 19.4 Å². The Morgan fingerprint density at radius 1 is 1.38 bits per heavy atom. The molecule has 7 nitrogen and oxygen atoms in total. The van der Waals surface area contributed by atoms with Crippen LogP contribution in [0.1, 0.15) is 13.3 Å². The summed E-state index contributed by atoms with van der Waals surface area (Å²) in [6, 6.07) is -1.42. The predicted octanol–water partition coefficient (Wildman–Crippen LogP) is -1.63. The molecule has 0 fully saturated rings. The van der Waals surface area contributed by atoms with Crippen molar-refractivity contribution in [1.82, 2.24) is 5.32 Å². The van der Waals surface area contributed by atoms with E-state index >= 15 is 0 Å². The van der Waals surface area contributed by atoms with Crippen LogP contribution in [-0.4, -0.2) is 54.7 Å². The van der Waals surface area contributed by atoms with E-state index in [4.69, 9.17) is 10.2 Å². The molecule has 0 rings (SSSR count). The second-order valence-electron chi connectivity index (χ2n) is 3.50. The van der Waals surface area contributed by atoms with Crippen LogP contribution in [0, 0.1) is 0 Å². The van der Waals surface area contributed by atoms with Gasteiger partial charge in [-0.3, -0.25) is 4.79 Å².